The van der Waals surface area contributed by atoms with Crippen LogP contribution < -0.4 is 10.1 Å². The Kier molecular flexibility index (Phi) is 5.23. The van der Waals surface area contributed by atoms with Gasteiger partial charge in [-0.25, -0.2) is 4.68 Å². The lowest BCUT2D eigenvalue weighted by Gasteiger charge is -2.34. The van der Waals surface area contributed by atoms with Gasteiger partial charge in [0.1, 0.15) is 17.3 Å². The minimum absolute atomic E-state index is 0.205. The fourth-order valence-electron chi connectivity index (χ4n) is 4.01. The van der Waals surface area contributed by atoms with Gasteiger partial charge >= 0.3 is 6.18 Å². The van der Waals surface area contributed by atoms with Crippen molar-refractivity contribution in [3.05, 3.63) is 65.0 Å². The van der Waals surface area contributed by atoms with Crippen molar-refractivity contribution in [1.29, 1.82) is 0 Å². The van der Waals surface area contributed by atoms with Crippen molar-refractivity contribution in [3.8, 4) is 17.1 Å². The van der Waals surface area contributed by atoms with Gasteiger partial charge < -0.3 is 14.5 Å². The number of furan rings is 1. The van der Waals surface area contributed by atoms with Crippen molar-refractivity contribution in [2.24, 2.45) is 0 Å². The number of halogens is 3. The van der Waals surface area contributed by atoms with E-state index in [9.17, 15) is 13.2 Å². The van der Waals surface area contributed by atoms with Crippen molar-refractivity contribution in [1.82, 2.24) is 24.5 Å². The van der Waals surface area contributed by atoms with Crippen molar-refractivity contribution in [2.75, 3.05) is 12.4 Å². The van der Waals surface area contributed by atoms with E-state index in [4.69, 9.17) is 21.4 Å². The van der Waals surface area contributed by atoms with Gasteiger partial charge in [0, 0.05) is 6.42 Å². The molecule has 0 unspecified atom stereocenters. The summed E-state index contributed by atoms with van der Waals surface area (Å²) in [4.78, 5) is 0. The molecular formula is C21H19F3N6O2S. The molecule has 33 heavy (non-hydrogen) atoms. The predicted octanol–water partition coefficient (Wildman–Crippen LogP) is 5.11. The van der Waals surface area contributed by atoms with E-state index in [2.05, 4.69) is 20.6 Å². The quantitative estimate of drug-likeness (QED) is 0.389. The van der Waals surface area contributed by atoms with E-state index in [1.54, 1.807) is 41.0 Å². The summed E-state index contributed by atoms with van der Waals surface area (Å²) < 4.78 is 55.5. The van der Waals surface area contributed by atoms with E-state index in [-0.39, 0.29) is 18.8 Å². The van der Waals surface area contributed by atoms with Gasteiger partial charge in [-0.05, 0) is 42.0 Å². The molecule has 0 radical (unpaired) electrons. The number of methoxy groups -OCH3 is 1. The third-order valence-corrected chi connectivity index (χ3v) is 5.96. The molecule has 12 heteroatoms. The zero-order chi connectivity index (χ0) is 23.2. The molecule has 5 rings (SSSR count). The molecule has 3 aromatic heterocycles. The number of aromatic amines is 1. The van der Waals surface area contributed by atoms with Gasteiger partial charge in [0.2, 0.25) is 0 Å². The largest absolute Gasteiger partial charge is 0.497 e. The van der Waals surface area contributed by atoms with Gasteiger partial charge in [0.05, 0.1) is 37.7 Å². The van der Waals surface area contributed by atoms with Crippen LogP contribution >= 0.6 is 12.2 Å². The fourth-order valence-corrected chi connectivity index (χ4v) is 4.21. The molecule has 0 fully saturated rings. The molecule has 8 nitrogen and oxygen atoms in total. The highest BCUT2D eigenvalue weighted by atomic mass is 32.1. The number of ether oxygens (including phenoxy) is 1. The second-order valence-electron chi connectivity index (χ2n) is 7.63. The first-order valence-corrected chi connectivity index (χ1v) is 10.5. The number of rotatable bonds is 5. The number of hydrogen-bond donors (Lipinski definition) is 2. The minimum Gasteiger partial charge on any atom is -0.497 e. The van der Waals surface area contributed by atoms with Crippen LogP contribution in [0.2, 0.25) is 0 Å². The van der Waals surface area contributed by atoms with Crippen molar-refractivity contribution < 1.29 is 22.3 Å². The summed E-state index contributed by atoms with van der Waals surface area (Å²) in [5.74, 6) is 1.84. The number of H-pyrrole nitrogens is 1. The zero-order valence-electron chi connectivity index (χ0n) is 17.3. The smallest absolute Gasteiger partial charge is 0.410 e. The van der Waals surface area contributed by atoms with Crippen LogP contribution in [-0.2, 0) is 6.54 Å². The molecule has 0 bridgehead atoms. The topological polar surface area (TPSA) is 85.8 Å². The Morgan fingerprint density at radius 3 is 2.70 bits per heavy atom. The molecule has 0 saturated carbocycles. The van der Waals surface area contributed by atoms with Gasteiger partial charge in [-0.15, -0.1) is 0 Å². The summed E-state index contributed by atoms with van der Waals surface area (Å²) in [6.45, 7) is 0.271. The van der Waals surface area contributed by atoms with Crippen LogP contribution in [-0.4, -0.2) is 37.8 Å². The molecule has 0 aliphatic carbocycles. The van der Waals surface area contributed by atoms with E-state index in [1.807, 2.05) is 0 Å². The maximum Gasteiger partial charge on any atom is 0.410 e. The highest BCUT2D eigenvalue weighted by Gasteiger charge is 2.47. The zero-order valence-corrected chi connectivity index (χ0v) is 18.2. The first-order valence-electron chi connectivity index (χ1n) is 10.1. The van der Waals surface area contributed by atoms with Crippen molar-refractivity contribution >= 4 is 18.0 Å². The average molecular weight is 476 g/mol. The summed E-state index contributed by atoms with van der Waals surface area (Å²) in [7, 11) is 1.54. The minimum atomic E-state index is -4.48. The van der Waals surface area contributed by atoms with E-state index in [0.717, 1.165) is 4.68 Å². The number of nitrogens with zero attached hydrogens (tertiary/aromatic N) is 4. The lowest BCUT2D eigenvalue weighted by molar-refractivity contribution is -0.173. The molecule has 1 aliphatic rings. The van der Waals surface area contributed by atoms with Crippen molar-refractivity contribution in [2.45, 2.75) is 31.2 Å². The van der Waals surface area contributed by atoms with E-state index < -0.39 is 18.3 Å². The first kappa shape index (κ1) is 21.3. The number of hydrogen-bond acceptors (Lipinski definition) is 6. The number of nitrogens with one attached hydrogen (secondary N) is 2. The van der Waals surface area contributed by atoms with Crippen LogP contribution in [0.5, 0.6) is 5.75 Å². The Labute approximate surface area is 191 Å². The highest BCUT2D eigenvalue weighted by Crippen LogP contribution is 2.46. The van der Waals surface area contributed by atoms with Crippen LogP contribution in [0.15, 0.2) is 53.3 Å². The third kappa shape index (κ3) is 3.90. The lowest BCUT2D eigenvalue weighted by atomic mass is 9.96. The Morgan fingerprint density at radius 1 is 1.24 bits per heavy atom. The lowest BCUT2D eigenvalue weighted by Crippen LogP contribution is -2.35. The predicted molar refractivity (Wildman–Crippen MR) is 116 cm³/mol. The Morgan fingerprint density at radius 2 is 2.03 bits per heavy atom. The highest BCUT2D eigenvalue weighted by molar-refractivity contribution is 7.71. The van der Waals surface area contributed by atoms with Gasteiger partial charge in [0.15, 0.2) is 16.6 Å². The Balaban J connectivity index is 1.58. The van der Waals surface area contributed by atoms with Crippen LogP contribution in [0.3, 0.4) is 0 Å². The molecule has 2 N–H and O–H groups in total. The third-order valence-electron chi connectivity index (χ3n) is 5.65. The standard InChI is InChI=1S/C21H19F3N6O2S/c1-31-13-6-4-12(5-7-13)16-9-17(21(22,23)24)30-18(26-16)15(10-25-30)19-27-28-20(33)29(19)11-14-3-2-8-32-14/h2-8,10,16-17,26H,9,11H2,1H3,(H,28,33)/t16-,17+/m0/s1. The molecule has 4 heterocycles. The van der Waals surface area contributed by atoms with Crippen molar-refractivity contribution in [3.63, 3.8) is 0 Å². The van der Waals surface area contributed by atoms with Gasteiger partial charge in [-0.2, -0.15) is 23.4 Å². The summed E-state index contributed by atoms with van der Waals surface area (Å²) in [6, 6.07) is 8.09. The number of aromatic nitrogens is 5. The van der Waals surface area contributed by atoms with Gasteiger partial charge in [0.25, 0.3) is 0 Å². The molecule has 1 aliphatic heterocycles. The molecular weight excluding hydrogens is 457 g/mol. The molecule has 172 valence electrons. The van der Waals surface area contributed by atoms with Crippen LogP contribution in [0.25, 0.3) is 11.4 Å². The number of alkyl halides is 3. The van der Waals surface area contributed by atoms with Crippen LogP contribution in [0.1, 0.15) is 29.8 Å². The van der Waals surface area contributed by atoms with E-state index in [0.29, 0.717) is 33.2 Å². The molecule has 2 atom stereocenters. The summed E-state index contributed by atoms with van der Waals surface area (Å²) in [6.07, 6.45) is -1.77. The Bertz CT molecular complexity index is 1310. The number of fused-ring (bicyclic) bond motifs is 1. The molecule has 0 spiro atoms. The Hall–Kier alpha value is -3.54. The molecule has 1 aromatic carbocycles. The molecule has 0 amide bonds. The van der Waals surface area contributed by atoms with Crippen LogP contribution in [0, 0.1) is 4.77 Å². The second-order valence-corrected chi connectivity index (χ2v) is 8.02. The monoisotopic (exact) mass is 476 g/mol. The summed E-state index contributed by atoms with van der Waals surface area (Å²) in [5, 5.41) is 14.3. The number of benzene rings is 1. The fraction of sp³-hybridized carbons (Fsp3) is 0.286. The van der Waals surface area contributed by atoms with Gasteiger partial charge in [-0.3, -0.25) is 9.67 Å². The van der Waals surface area contributed by atoms with E-state index >= 15 is 0 Å². The van der Waals surface area contributed by atoms with E-state index in [1.165, 1.54) is 19.6 Å². The maximum atomic E-state index is 14.0. The van der Waals surface area contributed by atoms with Crippen LogP contribution in [0.4, 0.5) is 19.0 Å². The van der Waals surface area contributed by atoms with Gasteiger partial charge in [-0.1, -0.05) is 12.1 Å². The first-order chi connectivity index (χ1) is 15.8. The maximum absolute atomic E-state index is 14.0. The molecule has 0 saturated heterocycles. The SMILES string of the molecule is COc1ccc([C@@H]2C[C@H](C(F)(F)F)n3ncc(-c4n[nH]c(=S)n4Cc4ccco4)c3N2)cc1. The second kappa shape index (κ2) is 8.10. The molecule has 4 aromatic rings. The summed E-state index contributed by atoms with van der Waals surface area (Å²) >= 11 is 5.34. The normalized spacial score (nSPS) is 18.1. The average Bonchev–Trinajstić information content (AvgIpc) is 3.54. The summed E-state index contributed by atoms with van der Waals surface area (Å²) in [5.41, 5.74) is 1.11. The number of anilines is 1.